The zero-order valence-corrected chi connectivity index (χ0v) is 21.7. The van der Waals surface area contributed by atoms with Gasteiger partial charge in [0, 0.05) is 32.7 Å². The number of benzene rings is 6. The standard InChI is InChI=1S/C38H24O2/c1-3-13-25(14-4-1)27-17-7-8-18-29(27)37-30-19-9-10-20-31(30)38(40-37)32-22-12-24-34-36(32)35-28(21-11-23-33(35)39-34)26-15-5-2-6-16-26/h1-24H. The van der Waals surface area contributed by atoms with Gasteiger partial charge in [0.15, 0.2) is 0 Å². The van der Waals surface area contributed by atoms with E-state index in [4.69, 9.17) is 8.83 Å². The summed E-state index contributed by atoms with van der Waals surface area (Å²) in [4.78, 5) is 0. The summed E-state index contributed by atoms with van der Waals surface area (Å²) in [6.45, 7) is 0. The Balaban J connectivity index is 1.43. The largest absolute Gasteiger partial charge is 0.456 e. The molecule has 8 aromatic rings. The van der Waals surface area contributed by atoms with Gasteiger partial charge in [0.25, 0.3) is 0 Å². The van der Waals surface area contributed by atoms with Gasteiger partial charge >= 0.3 is 0 Å². The van der Waals surface area contributed by atoms with Crippen molar-refractivity contribution in [1.29, 1.82) is 0 Å². The molecule has 0 N–H and O–H groups in total. The van der Waals surface area contributed by atoms with Crippen LogP contribution in [0.25, 0.3) is 77.6 Å². The molecule has 2 heterocycles. The van der Waals surface area contributed by atoms with Crippen LogP contribution in [0.1, 0.15) is 0 Å². The number of fused-ring (bicyclic) bond motifs is 4. The van der Waals surface area contributed by atoms with Gasteiger partial charge in [-0.1, -0.05) is 133 Å². The fourth-order valence-electron chi connectivity index (χ4n) is 5.96. The van der Waals surface area contributed by atoms with Crippen molar-refractivity contribution >= 4 is 32.7 Å². The quantitative estimate of drug-likeness (QED) is 0.234. The van der Waals surface area contributed by atoms with E-state index >= 15 is 0 Å². The highest BCUT2D eigenvalue weighted by Crippen LogP contribution is 2.47. The third-order valence-corrected chi connectivity index (χ3v) is 7.73. The van der Waals surface area contributed by atoms with Gasteiger partial charge in [0.1, 0.15) is 22.7 Å². The molecule has 0 fully saturated rings. The number of hydrogen-bond donors (Lipinski definition) is 0. The maximum absolute atomic E-state index is 6.93. The first kappa shape index (κ1) is 22.6. The first-order chi connectivity index (χ1) is 19.9. The minimum absolute atomic E-state index is 0.850. The Morgan fingerprint density at radius 3 is 1.40 bits per heavy atom. The van der Waals surface area contributed by atoms with E-state index in [1.54, 1.807) is 0 Å². The second kappa shape index (κ2) is 9.14. The molecule has 0 radical (unpaired) electrons. The van der Waals surface area contributed by atoms with E-state index in [0.29, 0.717) is 0 Å². The van der Waals surface area contributed by atoms with Crippen LogP contribution in [0.2, 0.25) is 0 Å². The van der Waals surface area contributed by atoms with Crippen molar-refractivity contribution in [2.75, 3.05) is 0 Å². The molecule has 0 aliphatic carbocycles. The van der Waals surface area contributed by atoms with Gasteiger partial charge in [0.05, 0.1) is 0 Å². The molecule has 0 atom stereocenters. The number of hydrogen-bond acceptors (Lipinski definition) is 2. The minimum Gasteiger partial charge on any atom is -0.456 e. The van der Waals surface area contributed by atoms with E-state index in [-0.39, 0.29) is 0 Å². The summed E-state index contributed by atoms with van der Waals surface area (Å²) in [6.07, 6.45) is 0. The van der Waals surface area contributed by atoms with Crippen molar-refractivity contribution in [3.05, 3.63) is 146 Å². The molecule has 2 aromatic heterocycles. The summed E-state index contributed by atoms with van der Waals surface area (Å²) in [7, 11) is 0. The van der Waals surface area contributed by atoms with Gasteiger partial charge in [-0.25, -0.2) is 0 Å². The predicted molar refractivity (Wildman–Crippen MR) is 165 cm³/mol. The van der Waals surface area contributed by atoms with Crippen molar-refractivity contribution in [3.8, 4) is 44.9 Å². The third kappa shape index (κ3) is 3.50. The van der Waals surface area contributed by atoms with Gasteiger partial charge in [-0.2, -0.15) is 0 Å². The fraction of sp³-hybridized carbons (Fsp3) is 0. The molecule has 2 heteroatoms. The first-order valence-corrected chi connectivity index (χ1v) is 13.5. The van der Waals surface area contributed by atoms with Crippen LogP contribution in [0.3, 0.4) is 0 Å². The van der Waals surface area contributed by atoms with Gasteiger partial charge in [-0.15, -0.1) is 0 Å². The Kier molecular flexibility index (Phi) is 5.17. The van der Waals surface area contributed by atoms with Crippen LogP contribution in [0.5, 0.6) is 0 Å². The molecule has 8 rings (SSSR count). The average Bonchev–Trinajstić information content (AvgIpc) is 3.61. The molecule has 6 aromatic carbocycles. The monoisotopic (exact) mass is 512 g/mol. The van der Waals surface area contributed by atoms with E-state index in [1.807, 2.05) is 24.3 Å². The predicted octanol–water partition coefficient (Wildman–Crippen LogP) is 11.0. The maximum atomic E-state index is 6.93. The Morgan fingerprint density at radius 1 is 0.300 bits per heavy atom. The molecule has 0 saturated heterocycles. The van der Waals surface area contributed by atoms with E-state index < -0.39 is 0 Å². The van der Waals surface area contributed by atoms with Crippen LogP contribution in [0, 0.1) is 0 Å². The van der Waals surface area contributed by atoms with E-state index in [1.165, 1.54) is 0 Å². The highest BCUT2D eigenvalue weighted by atomic mass is 16.3. The summed E-state index contributed by atoms with van der Waals surface area (Å²) in [5.41, 5.74) is 8.44. The molecule has 188 valence electrons. The Morgan fingerprint density at radius 2 is 0.750 bits per heavy atom. The van der Waals surface area contributed by atoms with Gasteiger partial charge in [-0.3, -0.25) is 0 Å². The zero-order valence-electron chi connectivity index (χ0n) is 21.7. The number of rotatable bonds is 4. The van der Waals surface area contributed by atoms with Crippen LogP contribution in [-0.4, -0.2) is 0 Å². The van der Waals surface area contributed by atoms with Crippen LogP contribution in [-0.2, 0) is 0 Å². The van der Waals surface area contributed by atoms with Crippen LogP contribution in [0.4, 0.5) is 0 Å². The Hall–Kier alpha value is -5.34. The lowest BCUT2D eigenvalue weighted by molar-refractivity contribution is 0.602. The lowest BCUT2D eigenvalue weighted by atomic mass is 9.95. The normalized spacial score (nSPS) is 11.5. The average molecular weight is 513 g/mol. The lowest BCUT2D eigenvalue weighted by Gasteiger charge is -2.08. The molecular formula is C38H24O2. The first-order valence-electron chi connectivity index (χ1n) is 13.5. The van der Waals surface area contributed by atoms with Crippen LogP contribution >= 0.6 is 0 Å². The molecule has 40 heavy (non-hydrogen) atoms. The Labute approximate surface area is 231 Å². The summed E-state index contributed by atoms with van der Waals surface area (Å²) in [5, 5.41) is 4.35. The van der Waals surface area contributed by atoms with Crippen LogP contribution < -0.4 is 0 Å². The molecule has 0 aliphatic rings. The van der Waals surface area contributed by atoms with Crippen molar-refractivity contribution in [2.45, 2.75) is 0 Å². The van der Waals surface area contributed by atoms with E-state index in [2.05, 4.69) is 121 Å². The molecule has 0 aliphatic heterocycles. The number of furan rings is 2. The molecule has 0 bridgehead atoms. The van der Waals surface area contributed by atoms with Crippen molar-refractivity contribution in [1.82, 2.24) is 0 Å². The van der Waals surface area contributed by atoms with Crippen molar-refractivity contribution in [2.24, 2.45) is 0 Å². The third-order valence-electron chi connectivity index (χ3n) is 7.73. The van der Waals surface area contributed by atoms with Crippen molar-refractivity contribution in [3.63, 3.8) is 0 Å². The summed E-state index contributed by atoms with van der Waals surface area (Å²) in [5.74, 6) is 1.72. The maximum Gasteiger partial charge on any atom is 0.143 e. The second-order valence-corrected chi connectivity index (χ2v) is 10.0. The molecule has 0 saturated carbocycles. The van der Waals surface area contributed by atoms with Gasteiger partial charge in [0.2, 0.25) is 0 Å². The molecule has 0 unspecified atom stereocenters. The zero-order chi connectivity index (χ0) is 26.5. The highest BCUT2D eigenvalue weighted by molar-refractivity contribution is 6.19. The molecule has 2 nitrogen and oxygen atoms in total. The molecule has 0 spiro atoms. The van der Waals surface area contributed by atoms with Crippen molar-refractivity contribution < 1.29 is 8.83 Å². The van der Waals surface area contributed by atoms with Crippen LogP contribution in [0.15, 0.2) is 154 Å². The van der Waals surface area contributed by atoms with Gasteiger partial charge < -0.3 is 8.83 Å². The Bertz CT molecular complexity index is 2150. The fourth-order valence-corrected chi connectivity index (χ4v) is 5.96. The highest BCUT2D eigenvalue weighted by Gasteiger charge is 2.23. The van der Waals surface area contributed by atoms with E-state index in [0.717, 1.165) is 77.6 Å². The smallest absolute Gasteiger partial charge is 0.143 e. The topological polar surface area (TPSA) is 26.3 Å². The summed E-state index contributed by atoms with van der Waals surface area (Å²) in [6, 6.07) is 50.5. The summed E-state index contributed by atoms with van der Waals surface area (Å²) < 4.78 is 13.3. The van der Waals surface area contributed by atoms with Gasteiger partial charge in [-0.05, 0) is 34.4 Å². The van der Waals surface area contributed by atoms with E-state index in [9.17, 15) is 0 Å². The molecule has 0 amide bonds. The lowest BCUT2D eigenvalue weighted by Crippen LogP contribution is -1.83. The second-order valence-electron chi connectivity index (χ2n) is 10.0. The minimum atomic E-state index is 0.850. The SMILES string of the molecule is c1ccc(-c2ccccc2-c2oc(-c3cccc4oc5cccc(-c6ccccc6)c5c34)c3ccccc23)cc1. The molecular weight excluding hydrogens is 488 g/mol. The summed E-state index contributed by atoms with van der Waals surface area (Å²) >= 11 is 0.